The number of rotatable bonds is 88. The first kappa shape index (κ1) is 106. The Morgan fingerprint density at radius 3 is 0.704 bits per heavy atom. The molecule has 0 radical (unpaired) electrons. The average molecular weight is 1580 g/mol. The molecule has 0 aliphatic carbocycles. The van der Waals surface area contributed by atoms with Crippen LogP contribution in [0.4, 0.5) is 0 Å². The number of hydrogen-bond donors (Lipinski definition) is 3. The summed E-state index contributed by atoms with van der Waals surface area (Å²) in [7, 11) is -9.93. The van der Waals surface area contributed by atoms with Gasteiger partial charge in [-0.2, -0.15) is 0 Å². The van der Waals surface area contributed by atoms with Gasteiger partial charge in [-0.05, 0) is 37.5 Å². The molecule has 0 bridgehead atoms. The first-order chi connectivity index (χ1) is 52.4. The maximum absolute atomic E-state index is 13.2. The number of ether oxygens (including phenoxy) is 4. The van der Waals surface area contributed by atoms with Gasteiger partial charge in [0.25, 0.3) is 0 Å². The van der Waals surface area contributed by atoms with Crippen LogP contribution in [0.15, 0.2) is 0 Å². The van der Waals surface area contributed by atoms with Crippen LogP contribution in [0.2, 0.25) is 0 Å². The van der Waals surface area contributed by atoms with Crippen molar-refractivity contribution in [3.8, 4) is 0 Å². The van der Waals surface area contributed by atoms with Crippen molar-refractivity contribution in [2.45, 2.75) is 496 Å². The molecule has 0 amide bonds. The minimum absolute atomic E-state index is 0.108. The minimum Gasteiger partial charge on any atom is -0.462 e. The number of aliphatic hydroxyl groups excluding tert-OH is 1. The molecular weight excluding hydrogens is 1400 g/mol. The van der Waals surface area contributed by atoms with Crippen LogP contribution in [0.1, 0.15) is 478 Å². The number of phosphoric ester groups is 2. The Balaban J connectivity index is 5.20. The molecular formula is C89H174O17P2. The van der Waals surface area contributed by atoms with E-state index >= 15 is 0 Å². The van der Waals surface area contributed by atoms with Crippen molar-refractivity contribution in [1.29, 1.82) is 0 Å². The lowest BCUT2D eigenvalue weighted by Gasteiger charge is -2.21. The van der Waals surface area contributed by atoms with Crippen LogP contribution in [0.3, 0.4) is 0 Å². The van der Waals surface area contributed by atoms with Crippen molar-refractivity contribution in [1.82, 2.24) is 0 Å². The fourth-order valence-corrected chi connectivity index (χ4v) is 15.5. The van der Waals surface area contributed by atoms with Crippen LogP contribution in [0, 0.1) is 11.8 Å². The first-order valence-electron chi connectivity index (χ1n) is 46.0. The summed E-state index contributed by atoms with van der Waals surface area (Å²) < 4.78 is 68.9. The lowest BCUT2D eigenvalue weighted by Crippen LogP contribution is -2.30. The lowest BCUT2D eigenvalue weighted by molar-refractivity contribution is -0.161. The molecule has 642 valence electrons. The van der Waals surface area contributed by atoms with E-state index in [1.807, 2.05) is 0 Å². The predicted octanol–water partition coefficient (Wildman–Crippen LogP) is 27.4. The minimum atomic E-state index is -4.97. The third-order valence-electron chi connectivity index (χ3n) is 21.3. The Morgan fingerprint density at radius 2 is 0.472 bits per heavy atom. The number of aliphatic hydroxyl groups is 1. The molecule has 0 aromatic heterocycles. The molecule has 0 saturated heterocycles. The number of carbonyl (C=O) groups excluding carboxylic acids is 4. The molecule has 0 rings (SSSR count). The lowest BCUT2D eigenvalue weighted by atomic mass is 9.99. The highest BCUT2D eigenvalue weighted by molar-refractivity contribution is 7.47. The van der Waals surface area contributed by atoms with Crippen molar-refractivity contribution < 1.29 is 80.2 Å². The summed E-state index contributed by atoms with van der Waals surface area (Å²) in [4.78, 5) is 73.3. The van der Waals surface area contributed by atoms with E-state index in [1.54, 1.807) is 0 Å². The van der Waals surface area contributed by atoms with Crippen molar-refractivity contribution in [3.05, 3.63) is 0 Å². The summed E-state index contributed by atoms with van der Waals surface area (Å²) in [6.45, 7) is 9.67. The van der Waals surface area contributed by atoms with Crippen LogP contribution in [0.5, 0.6) is 0 Å². The smallest absolute Gasteiger partial charge is 0.462 e. The van der Waals surface area contributed by atoms with Crippen molar-refractivity contribution in [2.24, 2.45) is 11.8 Å². The second kappa shape index (κ2) is 80.3. The van der Waals surface area contributed by atoms with Gasteiger partial charge < -0.3 is 33.8 Å². The standard InChI is InChI=1S/C89H174O17P2/c1-7-10-12-14-16-18-20-22-24-26-28-33-36-40-44-48-52-59-65-71-86(91)99-77-84(105-88(93)73-67-62-54-50-46-42-38-34-30-29-31-35-39-43-47-51-58-64-70-82(6)9-3)79-103-107(95,96)101-75-83(90)76-102-108(97,98)104-80-85(78-100-87(92)72-66-60-56-55-57-63-69-81(4)5)106-89(94)74-68-61-53-49-45-41-37-32-27-25-23-21-19-17-15-13-11-8-2/h81-85,90H,7-80H2,1-6H3,(H,95,96)(H,97,98)/t82?,83-,84-,85-/m1/s1. The molecule has 0 aromatic carbocycles. The van der Waals surface area contributed by atoms with Gasteiger partial charge in [-0.15, -0.1) is 0 Å². The largest absolute Gasteiger partial charge is 0.472 e. The number of unbranched alkanes of at least 4 members (excludes halogenated alkanes) is 57. The average Bonchev–Trinajstić information content (AvgIpc) is 0.903. The summed E-state index contributed by atoms with van der Waals surface area (Å²) in [6, 6.07) is 0. The molecule has 0 aromatic rings. The number of phosphoric acid groups is 2. The van der Waals surface area contributed by atoms with Gasteiger partial charge in [0.2, 0.25) is 0 Å². The van der Waals surface area contributed by atoms with Gasteiger partial charge in [-0.1, -0.05) is 427 Å². The van der Waals surface area contributed by atoms with Crippen LogP contribution in [-0.2, 0) is 65.4 Å². The van der Waals surface area contributed by atoms with Gasteiger partial charge in [-0.3, -0.25) is 37.3 Å². The molecule has 0 aliphatic heterocycles. The fourth-order valence-electron chi connectivity index (χ4n) is 13.9. The second-order valence-electron chi connectivity index (χ2n) is 32.7. The van der Waals surface area contributed by atoms with Crippen molar-refractivity contribution >= 4 is 39.5 Å². The Labute approximate surface area is 664 Å². The summed E-state index contributed by atoms with van der Waals surface area (Å²) in [5.74, 6) is -0.551. The van der Waals surface area contributed by atoms with Gasteiger partial charge in [0.15, 0.2) is 12.2 Å². The number of hydrogen-bond acceptors (Lipinski definition) is 15. The van der Waals surface area contributed by atoms with E-state index in [4.69, 9.17) is 37.0 Å². The molecule has 0 heterocycles. The van der Waals surface area contributed by atoms with E-state index < -0.39 is 97.5 Å². The Kier molecular flexibility index (Phi) is 78.8. The van der Waals surface area contributed by atoms with Crippen LogP contribution < -0.4 is 0 Å². The number of esters is 4. The summed E-state index contributed by atoms with van der Waals surface area (Å²) in [5, 5.41) is 10.7. The highest BCUT2D eigenvalue weighted by Crippen LogP contribution is 2.45. The maximum atomic E-state index is 13.2. The molecule has 0 fully saturated rings. The Morgan fingerprint density at radius 1 is 0.269 bits per heavy atom. The van der Waals surface area contributed by atoms with Crippen LogP contribution in [-0.4, -0.2) is 96.7 Å². The van der Waals surface area contributed by atoms with E-state index in [0.717, 1.165) is 102 Å². The number of carbonyl (C=O) groups is 4. The van der Waals surface area contributed by atoms with E-state index in [-0.39, 0.29) is 25.7 Å². The van der Waals surface area contributed by atoms with E-state index in [1.165, 1.54) is 289 Å². The van der Waals surface area contributed by atoms with Gasteiger partial charge >= 0.3 is 39.5 Å². The monoisotopic (exact) mass is 1580 g/mol. The zero-order valence-electron chi connectivity index (χ0n) is 71.2. The predicted molar refractivity (Wildman–Crippen MR) is 446 cm³/mol. The summed E-state index contributed by atoms with van der Waals surface area (Å²) >= 11 is 0. The van der Waals surface area contributed by atoms with Crippen molar-refractivity contribution in [3.63, 3.8) is 0 Å². The molecule has 17 nitrogen and oxygen atoms in total. The molecule has 108 heavy (non-hydrogen) atoms. The fraction of sp³-hybridized carbons (Fsp3) is 0.955. The maximum Gasteiger partial charge on any atom is 0.472 e. The second-order valence-corrected chi connectivity index (χ2v) is 35.6. The van der Waals surface area contributed by atoms with Gasteiger partial charge in [0.05, 0.1) is 26.4 Å². The van der Waals surface area contributed by atoms with Gasteiger partial charge in [0.1, 0.15) is 19.3 Å². The van der Waals surface area contributed by atoms with Crippen LogP contribution in [0.25, 0.3) is 0 Å². The molecule has 0 saturated carbocycles. The zero-order chi connectivity index (χ0) is 79.2. The molecule has 19 heteroatoms. The molecule has 3 N–H and O–H groups in total. The third-order valence-corrected chi connectivity index (χ3v) is 23.2. The summed E-state index contributed by atoms with van der Waals surface area (Å²) in [5.41, 5.74) is 0. The molecule has 0 aliphatic rings. The normalized spacial score (nSPS) is 14.0. The topological polar surface area (TPSA) is 237 Å². The summed E-state index contributed by atoms with van der Waals surface area (Å²) in [6.07, 6.45) is 73.9. The van der Waals surface area contributed by atoms with Crippen LogP contribution >= 0.6 is 15.6 Å². The van der Waals surface area contributed by atoms with E-state index in [2.05, 4.69) is 41.5 Å². The molecule has 0 spiro atoms. The van der Waals surface area contributed by atoms with Gasteiger partial charge in [-0.25, -0.2) is 9.13 Å². The highest BCUT2D eigenvalue weighted by Gasteiger charge is 2.31. The van der Waals surface area contributed by atoms with E-state index in [9.17, 15) is 43.2 Å². The molecule has 6 atom stereocenters. The third kappa shape index (κ3) is 80.7. The zero-order valence-corrected chi connectivity index (χ0v) is 73.0. The van der Waals surface area contributed by atoms with Crippen molar-refractivity contribution in [2.75, 3.05) is 39.6 Å². The SMILES string of the molecule is CCCCCCCCCCCCCCCCCCCCCC(=O)OC[C@H](COP(=O)(O)OC[C@@H](O)COP(=O)(O)OC[C@@H](COC(=O)CCCCCCCCC(C)C)OC(=O)CCCCCCCCCCCCCCCCCCCC)OC(=O)CCCCCCCCCCCCCCCCCCCCC(C)CC. The Hall–Kier alpha value is -1.94. The molecule has 3 unspecified atom stereocenters. The highest BCUT2D eigenvalue weighted by atomic mass is 31.2. The first-order valence-corrected chi connectivity index (χ1v) is 49.0. The van der Waals surface area contributed by atoms with E-state index in [0.29, 0.717) is 31.6 Å². The van der Waals surface area contributed by atoms with Gasteiger partial charge in [0, 0.05) is 25.7 Å². The Bertz CT molecular complexity index is 2070. The quantitative estimate of drug-likeness (QED) is 0.0222.